The Balaban J connectivity index is 0. The van der Waals surface area contributed by atoms with Gasteiger partial charge in [0.15, 0.2) is 0 Å². The number of Topliss-reactive ketones (excluding diaryl/α,β-unsaturated/α-hetero) is 1. The van der Waals surface area contributed by atoms with Gasteiger partial charge in [-0.2, -0.15) is 0 Å². The molecular weight excluding hydrogens is 144 g/mol. The number of aliphatic carboxylic acids is 1. The number of carbonyl (C=O) groups excluding carboxylic acids is 1. The van der Waals surface area contributed by atoms with Gasteiger partial charge in [0, 0.05) is 0 Å². The van der Waals surface area contributed by atoms with Crippen molar-refractivity contribution in [1.82, 2.24) is 0 Å². The van der Waals surface area contributed by atoms with Gasteiger partial charge in [-0.15, -0.1) is 0 Å². The van der Waals surface area contributed by atoms with Gasteiger partial charge in [0.25, 0.3) is 0 Å². The molecule has 0 fully saturated rings. The van der Waals surface area contributed by atoms with Gasteiger partial charge in [-0.05, 0) is 13.3 Å². The van der Waals surface area contributed by atoms with Gasteiger partial charge >= 0.3 is 29.0 Å². The normalized spacial score (nSPS) is 11.4. The van der Waals surface area contributed by atoms with Crippen molar-refractivity contribution in [3.05, 3.63) is 0 Å². The molecule has 0 heterocycles. The van der Waals surface area contributed by atoms with E-state index in [9.17, 15) is 9.59 Å². The van der Waals surface area contributed by atoms with Crippen LogP contribution in [0.1, 0.15) is 20.3 Å². The number of carbonyl (C=O) groups is 2. The first-order valence-electron chi connectivity index (χ1n) is 2.82. The monoisotopic (exact) mass is 156 g/mol. The number of hydrogen-bond donors (Lipinski definition) is 1. The lowest BCUT2D eigenvalue weighted by Crippen LogP contribution is -2.19. The molecule has 3 nitrogen and oxygen atoms in total. The fraction of sp³-hybridized carbons (Fsp3) is 0.667. The molecule has 0 aliphatic carbocycles. The first-order chi connectivity index (χ1) is 4.09. The van der Waals surface area contributed by atoms with Crippen LogP contribution in [0.4, 0.5) is 0 Å². The molecule has 0 bridgehead atoms. The molecule has 0 aromatic rings. The standard InChI is InChI=1S/C6H10O3.Mg.2H/c1-3-5(4(2)7)6(8)9;;;/h5H,3H2,1-2H3,(H,8,9);;;. The van der Waals surface area contributed by atoms with Gasteiger partial charge in [0.05, 0.1) is 0 Å². The molecule has 0 aliphatic rings. The van der Waals surface area contributed by atoms with Crippen molar-refractivity contribution in [3.8, 4) is 0 Å². The first kappa shape index (κ1) is 12.6. The SMILES string of the molecule is CCC(C(C)=O)C(=O)O.[MgH2]. The van der Waals surface area contributed by atoms with Crippen LogP contribution in [-0.4, -0.2) is 39.9 Å². The molecule has 0 rings (SSSR count). The van der Waals surface area contributed by atoms with E-state index in [0.717, 1.165) is 0 Å². The Hall–Kier alpha value is -0.0938. The molecule has 1 atom stereocenters. The Kier molecular flexibility index (Phi) is 7.13. The van der Waals surface area contributed by atoms with Gasteiger partial charge in [-0.1, -0.05) is 6.92 Å². The van der Waals surface area contributed by atoms with Crippen LogP contribution >= 0.6 is 0 Å². The van der Waals surface area contributed by atoms with Crippen LogP contribution in [0, 0.1) is 5.92 Å². The zero-order valence-electron chi connectivity index (χ0n) is 5.55. The van der Waals surface area contributed by atoms with E-state index in [1.54, 1.807) is 6.92 Å². The van der Waals surface area contributed by atoms with Crippen molar-refractivity contribution in [2.24, 2.45) is 5.92 Å². The summed E-state index contributed by atoms with van der Waals surface area (Å²) in [5, 5.41) is 8.32. The summed E-state index contributed by atoms with van der Waals surface area (Å²) in [6.07, 6.45) is 0.380. The quantitative estimate of drug-likeness (QED) is 0.454. The summed E-state index contributed by atoms with van der Waals surface area (Å²) in [6.45, 7) is 2.97. The molecule has 0 amide bonds. The number of carboxylic acids is 1. The van der Waals surface area contributed by atoms with E-state index < -0.39 is 11.9 Å². The highest BCUT2D eigenvalue weighted by Gasteiger charge is 2.19. The third kappa shape index (κ3) is 3.84. The maximum absolute atomic E-state index is 10.4. The van der Waals surface area contributed by atoms with Crippen molar-refractivity contribution >= 4 is 34.8 Å². The van der Waals surface area contributed by atoms with Crippen LogP contribution in [0.5, 0.6) is 0 Å². The Morgan fingerprint density at radius 2 is 1.90 bits per heavy atom. The summed E-state index contributed by atoms with van der Waals surface area (Å²) in [6, 6.07) is 0. The van der Waals surface area contributed by atoms with Gasteiger partial charge in [-0.3, -0.25) is 9.59 Å². The topological polar surface area (TPSA) is 54.4 Å². The minimum absolute atomic E-state index is 0. The van der Waals surface area contributed by atoms with Crippen molar-refractivity contribution in [3.63, 3.8) is 0 Å². The van der Waals surface area contributed by atoms with Crippen molar-refractivity contribution in [1.29, 1.82) is 0 Å². The third-order valence-electron chi connectivity index (χ3n) is 1.20. The largest absolute Gasteiger partial charge is 0.481 e. The fourth-order valence-electron chi connectivity index (χ4n) is 0.636. The average Bonchev–Trinajstić information content (AvgIpc) is 1.64. The molecule has 10 heavy (non-hydrogen) atoms. The van der Waals surface area contributed by atoms with Crippen molar-refractivity contribution in [2.45, 2.75) is 20.3 Å². The predicted octanol–water partition coefficient (Wildman–Crippen LogP) is -0.230. The minimum Gasteiger partial charge on any atom is -0.481 e. The molecule has 4 heteroatoms. The fourth-order valence-corrected chi connectivity index (χ4v) is 0.636. The van der Waals surface area contributed by atoms with E-state index in [1.807, 2.05) is 0 Å². The van der Waals surface area contributed by atoms with Crippen LogP contribution in [0.3, 0.4) is 0 Å². The molecule has 0 saturated carbocycles. The van der Waals surface area contributed by atoms with Crippen LogP contribution in [0.25, 0.3) is 0 Å². The lowest BCUT2D eigenvalue weighted by molar-refractivity contribution is -0.145. The van der Waals surface area contributed by atoms with E-state index >= 15 is 0 Å². The Morgan fingerprint density at radius 1 is 1.50 bits per heavy atom. The molecule has 56 valence electrons. The summed E-state index contributed by atoms with van der Waals surface area (Å²) in [5.74, 6) is -2.10. The molecule has 0 spiro atoms. The summed E-state index contributed by atoms with van der Waals surface area (Å²) in [5.41, 5.74) is 0. The molecule has 0 aromatic heterocycles. The zero-order valence-corrected chi connectivity index (χ0v) is 5.55. The summed E-state index contributed by atoms with van der Waals surface area (Å²) >= 11 is 0. The van der Waals surface area contributed by atoms with E-state index in [2.05, 4.69) is 0 Å². The van der Waals surface area contributed by atoms with Crippen LogP contribution in [-0.2, 0) is 9.59 Å². The maximum atomic E-state index is 10.4. The zero-order chi connectivity index (χ0) is 7.44. The summed E-state index contributed by atoms with van der Waals surface area (Å²) in [7, 11) is 0. The number of carboxylic acid groups (broad SMARTS) is 1. The highest BCUT2D eigenvalue weighted by atomic mass is 24.3. The van der Waals surface area contributed by atoms with Gasteiger partial charge in [-0.25, -0.2) is 0 Å². The number of ketones is 1. The summed E-state index contributed by atoms with van der Waals surface area (Å²) < 4.78 is 0. The summed E-state index contributed by atoms with van der Waals surface area (Å²) in [4.78, 5) is 20.6. The maximum Gasteiger partial charge on any atom is 0.316 e. The van der Waals surface area contributed by atoms with E-state index in [4.69, 9.17) is 5.11 Å². The third-order valence-corrected chi connectivity index (χ3v) is 1.20. The molecule has 0 radical (unpaired) electrons. The predicted molar refractivity (Wildman–Crippen MR) is 40.6 cm³/mol. The van der Waals surface area contributed by atoms with Crippen LogP contribution in [0.15, 0.2) is 0 Å². The molecule has 0 aliphatic heterocycles. The highest BCUT2D eigenvalue weighted by molar-refractivity contribution is 5.96. The number of hydrogen-bond acceptors (Lipinski definition) is 2. The van der Waals surface area contributed by atoms with Crippen LogP contribution < -0.4 is 0 Å². The Labute approximate surface area is 76.0 Å². The van der Waals surface area contributed by atoms with Gasteiger partial charge in [0.1, 0.15) is 11.7 Å². The van der Waals surface area contributed by atoms with Crippen molar-refractivity contribution in [2.75, 3.05) is 0 Å². The van der Waals surface area contributed by atoms with Gasteiger partial charge in [0.2, 0.25) is 0 Å². The Bertz CT molecular complexity index is 119. The molecule has 0 saturated heterocycles. The lowest BCUT2D eigenvalue weighted by atomic mass is 10.0. The van der Waals surface area contributed by atoms with E-state index in [0.29, 0.717) is 6.42 Å². The highest BCUT2D eigenvalue weighted by Crippen LogP contribution is 2.02. The van der Waals surface area contributed by atoms with E-state index in [1.165, 1.54) is 6.92 Å². The minimum atomic E-state index is -1.02. The smallest absolute Gasteiger partial charge is 0.316 e. The molecule has 1 N–H and O–H groups in total. The van der Waals surface area contributed by atoms with Crippen molar-refractivity contribution < 1.29 is 14.7 Å². The van der Waals surface area contributed by atoms with Crippen LogP contribution in [0.2, 0.25) is 0 Å². The molecular formula is C6H12MgO3. The Morgan fingerprint density at radius 3 is 1.90 bits per heavy atom. The molecule has 1 unspecified atom stereocenters. The second-order valence-corrected chi connectivity index (χ2v) is 1.91. The molecule has 0 aromatic carbocycles. The second kappa shape index (κ2) is 5.67. The number of rotatable bonds is 3. The van der Waals surface area contributed by atoms with Gasteiger partial charge < -0.3 is 5.11 Å². The van der Waals surface area contributed by atoms with E-state index in [-0.39, 0.29) is 28.8 Å². The lowest BCUT2D eigenvalue weighted by Gasteiger charge is -2.01. The average molecular weight is 156 g/mol. The first-order valence-corrected chi connectivity index (χ1v) is 2.82. The second-order valence-electron chi connectivity index (χ2n) is 1.91.